The third-order valence-corrected chi connectivity index (χ3v) is 9.17. The molecule has 3 saturated carbocycles. The fourth-order valence-electron chi connectivity index (χ4n) is 6.21. The van der Waals surface area contributed by atoms with Gasteiger partial charge in [-0.2, -0.15) is 0 Å². The van der Waals surface area contributed by atoms with E-state index in [1.165, 1.54) is 48.5 Å². The Kier molecular flexibility index (Phi) is 25.7. The molecule has 2 bridgehead atoms. The number of benzene rings is 2. The zero-order valence-electron chi connectivity index (χ0n) is 38.7. The predicted molar refractivity (Wildman–Crippen MR) is 264 cm³/mol. The van der Waals surface area contributed by atoms with Gasteiger partial charge in [0.2, 0.25) is 0 Å². The van der Waals surface area contributed by atoms with Gasteiger partial charge in [0.25, 0.3) is 0 Å². The molecule has 2 aromatic rings. The molecule has 6 aliphatic rings. The molecule has 0 amide bonds. The smallest absolute Gasteiger partial charge is 0.536 e. The summed E-state index contributed by atoms with van der Waals surface area (Å²) in [7, 11) is -2.44. The van der Waals surface area contributed by atoms with E-state index in [1.807, 2.05) is 0 Å². The van der Waals surface area contributed by atoms with E-state index >= 15 is 0 Å². The van der Waals surface area contributed by atoms with Crippen molar-refractivity contribution in [1.29, 1.82) is 0 Å². The summed E-state index contributed by atoms with van der Waals surface area (Å²) < 4.78 is 75.7. The molecule has 0 spiro atoms. The molecule has 20 nitrogen and oxygen atoms in total. The summed E-state index contributed by atoms with van der Waals surface area (Å²) in [6.45, 7) is -6.27. The van der Waals surface area contributed by atoms with Gasteiger partial charge >= 0.3 is 42.5 Å². The number of rotatable bonds is 4. The van der Waals surface area contributed by atoms with Gasteiger partial charge in [-0.3, -0.25) is 16.8 Å². The zero-order chi connectivity index (χ0) is 48.9. The molecule has 0 aromatic heterocycles. The fraction of sp³-hybridized carbons (Fsp3) is 0.500. The number of nitrogens with zero attached hydrogens (tertiary/aromatic N) is 6. The Labute approximate surface area is 411 Å². The van der Waals surface area contributed by atoms with Crippen molar-refractivity contribution in [1.82, 2.24) is 0 Å². The van der Waals surface area contributed by atoms with Crippen LogP contribution < -0.4 is 10.9 Å². The van der Waals surface area contributed by atoms with Gasteiger partial charge in [0.1, 0.15) is 0 Å². The van der Waals surface area contributed by atoms with Gasteiger partial charge in [-0.1, -0.05) is 59.5 Å². The third-order valence-electron chi connectivity index (χ3n) is 9.17. The van der Waals surface area contributed by atoms with E-state index < -0.39 is 68.6 Å². The molecular formula is C40H58B2FeN6O14S4. The summed E-state index contributed by atoms with van der Waals surface area (Å²) >= 11 is 0. The number of hydrogen-bond acceptors (Lipinski definition) is 18. The largest absolute Gasteiger partial charge is 2.00 e. The number of carboxylic acid groups (broad SMARTS) is 2. The molecule has 3 aliphatic carbocycles. The monoisotopic (exact) mass is 1050 g/mol. The Balaban J connectivity index is 0.000000790. The predicted octanol–water partition coefficient (Wildman–Crippen LogP) is 4.04. The molecule has 27 heteroatoms. The summed E-state index contributed by atoms with van der Waals surface area (Å²) in [5.74, 6) is -2.21. The molecule has 0 atom stereocenters. The Hall–Kier alpha value is -4.55. The van der Waals surface area contributed by atoms with E-state index in [9.17, 15) is 36.6 Å². The summed E-state index contributed by atoms with van der Waals surface area (Å²) in [5.41, 5.74) is 3.27. The number of hydrogen-bond donors (Lipinski definition) is 2. The Morgan fingerprint density at radius 2 is 0.567 bits per heavy atom. The fourth-order valence-corrected chi connectivity index (χ4v) is 6.21. The number of carbonyl (C=O) groups is 2. The minimum atomic E-state index is -3.13. The van der Waals surface area contributed by atoms with Gasteiger partial charge in [-0.05, 0) is 77.0 Å². The molecule has 3 heterocycles. The van der Waals surface area contributed by atoms with Gasteiger partial charge in [-0.25, -0.2) is 9.59 Å². The SMILES string of the molecule is CS(C)=O.CS(C)=O.CS(C)=O.CS(C)=O.O=C(O)c1ccc([B-]23O/N=C4\CCCC\C4=N/O[B-](c4ccc(C(=O)O)cc4)(O/N=C4\CCCC\C4=N/O2)O/N=C2\CCCC\C2=N/O3)cc1.[Fe+2]. The van der Waals surface area contributed by atoms with Crippen LogP contribution in [-0.2, 0) is 88.8 Å². The standard InChI is InChI=1S/C32H34B2N6O10.4C2H6OS.Fe/c41-31(42)21-13-17-23(18-14-21)33-45-35-25-7-1-2-8-26(25)36-46-34(24-19-15-22(16-20-24)32(43)44,49-39-29-11-5-3-9-27(29)37-47-33)50-40-30-12-6-4-10-28(30)38-48-33;4*1-4(2)3;/h13-20H,1-12H2,(H,41,42)(H,43,44);4*1-2H3;/q-2;;;;;+2/b35-25+,36-26+,37-27+,38-28+,39-29+,40-30+;;;;;. The van der Waals surface area contributed by atoms with Gasteiger partial charge < -0.3 is 38.7 Å². The maximum absolute atomic E-state index is 11.7. The van der Waals surface area contributed by atoms with Crippen LogP contribution in [0.25, 0.3) is 0 Å². The second-order valence-electron chi connectivity index (χ2n) is 15.6. The van der Waals surface area contributed by atoms with Gasteiger partial charge in [0.15, 0.2) is 0 Å². The van der Waals surface area contributed by atoms with Gasteiger partial charge in [0, 0.05) is 93.2 Å². The van der Waals surface area contributed by atoms with Crippen molar-refractivity contribution in [3.63, 3.8) is 0 Å². The maximum Gasteiger partial charge on any atom is 2.00 e. The molecule has 0 radical (unpaired) electrons. The minimum Gasteiger partial charge on any atom is -0.536 e. The van der Waals surface area contributed by atoms with Crippen molar-refractivity contribution < 1.29 is 82.2 Å². The number of oxime groups is 6. The Bertz CT molecular complexity index is 1970. The van der Waals surface area contributed by atoms with E-state index in [0.29, 0.717) is 83.7 Å². The first-order valence-electron chi connectivity index (χ1n) is 20.7. The number of aromatic carboxylic acids is 2. The van der Waals surface area contributed by atoms with Gasteiger partial charge in [-0.15, -0.1) is 30.9 Å². The molecule has 2 aromatic carbocycles. The molecule has 370 valence electrons. The van der Waals surface area contributed by atoms with Crippen LogP contribution >= 0.6 is 0 Å². The minimum absolute atomic E-state index is 0. The molecular weight excluding hydrogens is 994 g/mol. The second-order valence-corrected chi connectivity index (χ2v) is 21.5. The second kappa shape index (κ2) is 29.4. The van der Waals surface area contributed by atoms with Crippen molar-refractivity contribution in [3.8, 4) is 0 Å². The zero-order valence-corrected chi connectivity index (χ0v) is 43.1. The number of fused-ring (bicyclic) bond motifs is 6. The first-order valence-corrected chi connectivity index (χ1v) is 28.6. The quantitative estimate of drug-likeness (QED) is 0.410. The van der Waals surface area contributed by atoms with Crippen molar-refractivity contribution >= 4 is 114 Å². The van der Waals surface area contributed by atoms with Crippen LogP contribution in [0, 0.1) is 0 Å². The van der Waals surface area contributed by atoms with Crippen LogP contribution in [0.5, 0.6) is 0 Å². The van der Waals surface area contributed by atoms with Crippen molar-refractivity contribution in [3.05, 3.63) is 59.7 Å². The van der Waals surface area contributed by atoms with Crippen LogP contribution in [0.4, 0.5) is 0 Å². The average Bonchev–Trinajstić information content (AvgIpc) is 3.26. The molecule has 2 N–H and O–H groups in total. The van der Waals surface area contributed by atoms with E-state index in [1.54, 1.807) is 50.0 Å². The Morgan fingerprint density at radius 1 is 0.403 bits per heavy atom. The summed E-state index contributed by atoms with van der Waals surface area (Å²) in [4.78, 5) is 23.4. The van der Waals surface area contributed by atoms with Crippen LogP contribution in [0.1, 0.15) is 97.8 Å². The van der Waals surface area contributed by atoms with Crippen LogP contribution in [0.3, 0.4) is 0 Å². The summed E-state index contributed by atoms with van der Waals surface area (Å²) in [6.07, 6.45) is 20.6. The third kappa shape index (κ3) is 19.9. The normalized spacial score (nSPS) is 25.6. The summed E-state index contributed by atoms with van der Waals surface area (Å²) in [6, 6.07) is 11.7. The van der Waals surface area contributed by atoms with Gasteiger partial charge in [0.05, 0.1) is 45.4 Å². The van der Waals surface area contributed by atoms with Crippen molar-refractivity contribution in [2.45, 2.75) is 77.0 Å². The van der Waals surface area contributed by atoms with Crippen molar-refractivity contribution in [2.75, 3.05) is 50.0 Å². The molecule has 67 heavy (non-hydrogen) atoms. The topological polar surface area (TPSA) is 272 Å². The Morgan fingerprint density at radius 3 is 0.716 bits per heavy atom. The van der Waals surface area contributed by atoms with E-state index in [0.717, 1.165) is 38.5 Å². The maximum atomic E-state index is 11.7. The average molecular weight is 1050 g/mol. The molecule has 3 aliphatic heterocycles. The first kappa shape index (κ1) is 58.6. The number of carboxylic acids is 2. The van der Waals surface area contributed by atoms with Crippen LogP contribution in [0.2, 0.25) is 0 Å². The molecule has 3 fully saturated rings. The summed E-state index contributed by atoms with van der Waals surface area (Å²) in [5, 5.41) is 46.2. The van der Waals surface area contributed by atoms with Crippen LogP contribution in [0.15, 0.2) is 79.5 Å². The van der Waals surface area contributed by atoms with E-state index in [4.69, 9.17) is 28.5 Å². The van der Waals surface area contributed by atoms with E-state index in [2.05, 4.69) is 30.9 Å². The molecule has 0 saturated heterocycles. The first-order chi connectivity index (χ1) is 31.3. The van der Waals surface area contributed by atoms with E-state index in [-0.39, 0.29) is 28.2 Å². The molecule has 8 rings (SSSR count). The molecule has 0 unspecified atom stereocenters. The van der Waals surface area contributed by atoms with Crippen molar-refractivity contribution in [2.24, 2.45) is 30.9 Å². The van der Waals surface area contributed by atoms with Crippen LogP contribution in [-0.4, -0.2) is 137 Å².